The van der Waals surface area contributed by atoms with Gasteiger partial charge in [-0.2, -0.15) is 0 Å². The van der Waals surface area contributed by atoms with Crippen LogP contribution >= 0.6 is 0 Å². The number of benzene rings is 3. The fraction of sp³-hybridized carbons (Fsp3) is 0.286. The first-order valence-electron chi connectivity index (χ1n) is 11.2. The SMILES string of the molecule is CCC(Oc1cccc(C)c1)C(=O)Nc1cccc(NC(=O)c2ccc(C(C)(C)C)cc2)c1. The molecule has 2 amide bonds. The highest BCUT2D eigenvalue weighted by Gasteiger charge is 2.19. The maximum Gasteiger partial charge on any atom is 0.265 e. The zero-order chi connectivity index (χ0) is 24.0. The molecular weight excluding hydrogens is 412 g/mol. The smallest absolute Gasteiger partial charge is 0.265 e. The Balaban J connectivity index is 1.65. The highest BCUT2D eigenvalue weighted by atomic mass is 16.5. The Morgan fingerprint density at radius 1 is 0.879 bits per heavy atom. The highest BCUT2D eigenvalue weighted by molar-refractivity contribution is 6.04. The summed E-state index contributed by atoms with van der Waals surface area (Å²) in [7, 11) is 0. The second kappa shape index (κ2) is 10.3. The molecule has 3 aromatic rings. The van der Waals surface area contributed by atoms with Gasteiger partial charge in [0.1, 0.15) is 5.75 Å². The van der Waals surface area contributed by atoms with E-state index < -0.39 is 6.10 Å². The van der Waals surface area contributed by atoms with Gasteiger partial charge in [0.25, 0.3) is 11.8 Å². The summed E-state index contributed by atoms with van der Waals surface area (Å²) in [5.41, 5.74) is 4.04. The first-order chi connectivity index (χ1) is 15.7. The maximum atomic E-state index is 12.8. The molecule has 0 heterocycles. The van der Waals surface area contributed by atoms with Crippen molar-refractivity contribution in [1.29, 1.82) is 0 Å². The van der Waals surface area contributed by atoms with Crippen molar-refractivity contribution in [1.82, 2.24) is 0 Å². The van der Waals surface area contributed by atoms with Crippen LogP contribution in [0, 0.1) is 6.92 Å². The van der Waals surface area contributed by atoms with Gasteiger partial charge in [-0.15, -0.1) is 0 Å². The minimum atomic E-state index is -0.619. The van der Waals surface area contributed by atoms with E-state index >= 15 is 0 Å². The first kappa shape index (κ1) is 24.1. The van der Waals surface area contributed by atoms with Crippen LogP contribution in [0.3, 0.4) is 0 Å². The van der Waals surface area contributed by atoms with Crippen LogP contribution in [0.5, 0.6) is 5.75 Å². The summed E-state index contributed by atoms with van der Waals surface area (Å²) in [6.45, 7) is 10.3. The van der Waals surface area contributed by atoms with Crippen LogP contribution in [0.4, 0.5) is 11.4 Å². The molecule has 2 N–H and O–H groups in total. The summed E-state index contributed by atoms with van der Waals surface area (Å²) >= 11 is 0. The third kappa shape index (κ3) is 6.69. The van der Waals surface area contributed by atoms with Gasteiger partial charge in [0.05, 0.1) is 0 Å². The number of carbonyl (C=O) groups excluding carboxylic acids is 2. The molecule has 1 atom stereocenters. The molecule has 0 aliphatic rings. The average Bonchev–Trinajstić information content (AvgIpc) is 2.77. The molecule has 0 saturated carbocycles. The van der Waals surface area contributed by atoms with Crippen molar-refractivity contribution in [3.8, 4) is 5.75 Å². The summed E-state index contributed by atoms with van der Waals surface area (Å²) in [5, 5.41) is 5.79. The van der Waals surface area contributed by atoms with Crippen LogP contribution in [0.15, 0.2) is 72.8 Å². The van der Waals surface area contributed by atoms with Crippen molar-refractivity contribution < 1.29 is 14.3 Å². The zero-order valence-corrected chi connectivity index (χ0v) is 19.9. The van der Waals surface area contributed by atoms with Gasteiger partial charge in [-0.3, -0.25) is 9.59 Å². The predicted molar refractivity (Wildman–Crippen MR) is 134 cm³/mol. The Morgan fingerprint density at radius 2 is 1.52 bits per heavy atom. The van der Waals surface area contributed by atoms with Crippen LogP contribution in [0.1, 0.15) is 55.6 Å². The van der Waals surface area contributed by atoms with Crippen LogP contribution in [-0.2, 0) is 10.2 Å². The summed E-state index contributed by atoms with van der Waals surface area (Å²) in [6, 6.07) is 22.3. The molecule has 3 rings (SSSR count). The monoisotopic (exact) mass is 444 g/mol. The van der Waals surface area contributed by atoms with E-state index in [0.717, 1.165) is 5.56 Å². The van der Waals surface area contributed by atoms with Crippen molar-refractivity contribution in [2.24, 2.45) is 0 Å². The molecule has 5 heteroatoms. The van der Waals surface area contributed by atoms with Crippen molar-refractivity contribution in [3.63, 3.8) is 0 Å². The number of carbonyl (C=O) groups is 2. The van der Waals surface area contributed by atoms with Gasteiger partial charge in [0.15, 0.2) is 6.10 Å². The van der Waals surface area contributed by atoms with Gasteiger partial charge >= 0.3 is 0 Å². The van der Waals surface area contributed by atoms with Crippen molar-refractivity contribution >= 4 is 23.2 Å². The molecule has 33 heavy (non-hydrogen) atoms. The molecule has 0 spiro atoms. The number of hydrogen-bond donors (Lipinski definition) is 2. The van der Waals surface area contributed by atoms with E-state index in [1.807, 2.05) is 62.4 Å². The third-order valence-electron chi connectivity index (χ3n) is 5.33. The second-order valence-electron chi connectivity index (χ2n) is 9.18. The van der Waals surface area contributed by atoms with Gasteiger partial charge in [-0.1, -0.05) is 58.0 Å². The lowest BCUT2D eigenvalue weighted by Gasteiger charge is -2.19. The average molecular weight is 445 g/mol. The lowest BCUT2D eigenvalue weighted by atomic mass is 9.87. The molecule has 172 valence electrons. The van der Waals surface area contributed by atoms with Crippen LogP contribution in [0.25, 0.3) is 0 Å². The third-order valence-corrected chi connectivity index (χ3v) is 5.33. The van der Waals surface area contributed by atoms with E-state index in [4.69, 9.17) is 4.74 Å². The second-order valence-corrected chi connectivity index (χ2v) is 9.18. The van der Waals surface area contributed by atoms with E-state index in [2.05, 4.69) is 31.4 Å². The van der Waals surface area contributed by atoms with E-state index in [0.29, 0.717) is 29.1 Å². The quantitative estimate of drug-likeness (QED) is 0.447. The fourth-order valence-electron chi connectivity index (χ4n) is 3.40. The molecule has 3 aromatic carbocycles. The van der Waals surface area contributed by atoms with Gasteiger partial charge in [0, 0.05) is 16.9 Å². The molecule has 0 aliphatic carbocycles. The van der Waals surface area contributed by atoms with Gasteiger partial charge in [-0.25, -0.2) is 0 Å². The number of aryl methyl sites for hydroxylation is 1. The Bertz CT molecular complexity index is 1110. The maximum absolute atomic E-state index is 12.8. The number of rotatable bonds is 7. The Kier molecular flexibility index (Phi) is 7.54. The Labute approximate surface area is 196 Å². The molecule has 0 aromatic heterocycles. The summed E-state index contributed by atoms with van der Waals surface area (Å²) in [6.07, 6.45) is -0.0906. The van der Waals surface area contributed by atoms with E-state index in [1.54, 1.807) is 24.3 Å². The van der Waals surface area contributed by atoms with Gasteiger partial charge in [0.2, 0.25) is 0 Å². The molecular formula is C28H32N2O3. The number of amides is 2. The molecule has 0 fully saturated rings. The van der Waals surface area contributed by atoms with Crippen molar-refractivity contribution in [3.05, 3.63) is 89.5 Å². The molecule has 0 saturated heterocycles. The van der Waals surface area contributed by atoms with E-state index in [-0.39, 0.29) is 17.2 Å². The zero-order valence-electron chi connectivity index (χ0n) is 19.9. The Morgan fingerprint density at radius 3 is 2.12 bits per heavy atom. The van der Waals surface area contributed by atoms with E-state index in [9.17, 15) is 9.59 Å². The molecule has 1 unspecified atom stereocenters. The Hall–Kier alpha value is -3.60. The minimum Gasteiger partial charge on any atom is -0.481 e. The highest BCUT2D eigenvalue weighted by Crippen LogP contribution is 2.23. The normalized spacial score (nSPS) is 12.0. The molecule has 0 aliphatic heterocycles. The fourth-order valence-corrected chi connectivity index (χ4v) is 3.40. The summed E-state index contributed by atoms with van der Waals surface area (Å²) in [4.78, 5) is 25.5. The number of nitrogens with one attached hydrogen (secondary N) is 2. The minimum absolute atomic E-state index is 0.0287. The van der Waals surface area contributed by atoms with Gasteiger partial charge in [-0.05, 0) is 72.4 Å². The van der Waals surface area contributed by atoms with Crippen LogP contribution in [-0.4, -0.2) is 17.9 Å². The van der Waals surface area contributed by atoms with E-state index in [1.165, 1.54) is 5.56 Å². The number of anilines is 2. The van der Waals surface area contributed by atoms with Gasteiger partial charge < -0.3 is 15.4 Å². The largest absolute Gasteiger partial charge is 0.481 e. The lowest BCUT2D eigenvalue weighted by molar-refractivity contribution is -0.122. The molecule has 5 nitrogen and oxygen atoms in total. The molecule has 0 radical (unpaired) electrons. The van der Waals surface area contributed by atoms with Crippen molar-refractivity contribution in [2.45, 2.75) is 52.6 Å². The topological polar surface area (TPSA) is 67.4 Å². The predicted octanol–water partition coefficient (Wildman–Crippen LogP) is 6.34. The van der Waals surface area contributed by atoms with Crippen LogP contribution in [0.2, 0.25) is 0 Å². The number of ether oxygens (including phenoxy) is 1. The van der Waals surface area contributed by atoms with Crippen molar-refractivity contribution in [2.75, 3.05) is 10.6 Å². The number of hydrogen-bond acceptors (Lipinski definition) is 3. The standard InChI is InChI=1S/C28H32N2O3/c1-6-25(33-24-12-7-9-19(2)17-24)27(32)30-23-11-8-10-22(18-23)29-26(31)20-13-15-21(16-14-20)28(3,4)5/h7-18,25H,6H2,1-5H3,(H,29,31)(H,30,32). The van der Waals surface area contributed by atoms with Crippen LogP contribution < -0.4 is 15.4 Å². The first-order valence-corrected chi connectivity index (χ1v) is 11.2. The molecule has 0 bridgehead atoms. The summed E-state index contributed by atoms with van der Waals surface area (Å²) < 4.78 is 5.88. The summed E-state index contributed by atoms with van der Waals surface area (Å²) in [5.74, 6) is 0.226. The lowest BCUT2D eigenvalue weighted by Crippen LogP contribution is -2.32.